The Hall–Kier alpha value is -1.52. The van der Waals surface area contributed by atoms with Crippen LogP contribution in [0, 0.1) is 0 Å². The zero-order valence-corrected chi connectivity index (χ0v) is 12.0. The molecule has 1 aromatic heterocycles. The smallest absolute Gasteiger partial charge is 0.0992 e. The standard InChI is InChI=1S/C15H18ClN3O/c16-13-4-1-5-14(15(13)19-8-7-17-11-19)18-12-3-2-9-20-10-6-12/h1,4-5,7-8,11-12,18H,2-3,6,9-10H2. The molecule has 0 aliphatic carbocycles. The monoisotopic (exact) mass is 291 g/mol. The van der Waals surface area contributed by atoms with Crippen LogP contribution in [0.15, 0.2) is 36.9 Å². The molecule has 0 radical (unpaired) electrons. The molecule has 20 heavy (non-hydrogen) atoms. The van der Waals surface area contributed by atoms with Gasteiger partial charge in [0.2, 0.25) is 0 Å². The van der Waals surface area contributed by atoms with Gasteiger partial charge in [-0.05, 0) is 31.4 Å². The molecule has 3 rings (SSSR count). The van der Waals surface area contributed by atoms with Gasteiger partial charge in [0.15, 0.2) is 0 Å². The first-order chi connectivity index (χ1) is 9.84. The average Bonchev–Trinajstić information content (AvgIpc) is 2.84. The summed E-state index contributed by atoms with van der Waals surface area (Å²) < 4.78 is 7.45. The van der Waals surface area contributed by atoms with Crippen LogP contribution in [-0.2, 0) is 4.74 Å². The van der Waals surface area contributed by atoms with E-state index in [4.69, 9.17) is 16.3 Å². The second-order valence-electron chi connectivity index (χ2n) is 4.99. The maximum atomic E-state index is 6.36. The Morgan fingerprint density at radius 2 is 2.25 bits per heavy atom. The largest absolute Gasteiger partial charge is 0.381 e. The van der Waals surface area contributed by atoms with Crippen molar-refractivity contribution < 1.29 is 4.74 Å². The quantitative estimate of drug-likeness (QED) is 0.940. The van der Waals surface area contributed by atoms with E-state index in [-0.39, 0.29) is 0 Å². The minimum absolute atomic E-state index is 0.429. The second-order valence-corrected chi connectivity index (χ2v) is 5.40. The summed E-state index contributed by atoms with van der Waals surface area (Å²) in [6, 6.07) is 6.36. The number of rotatable bonds is 3. The van der Waals surface area contributed by atoms with Gasteiger partial charge in [0.1, 0.15) is 0 Å². The Balaban J connectivity index is 1.87. The molecular weight excluding hydrogens is 274 g/mol. The minimum Gasteiger partial charge on any atom is -0.381 e. The average molecular weight is 292 g/mol. The van der Waals surface area contributed by atoms with E-state index in [9.17, 15) is 0 Å². The molecule has 1 aromatic carbocycles. The number of hydrogen-bond acceptors (Lipinski definition) is 3. The SMILES string of the molecule is Clc1cccc(NC2CCCOCC2)c1-n1ccnc1. The predicted molar refractivity (Wildman–Crippen MR) is 80.7 cm³/mol. The number of nitrogens with one attached hydrogen (secondary N) is 1. The van der Waals surface area contributed by atoms with Gasteiger partial charge in [-0.15, -0.1) is 0 Å². The zero-order chi connectivity index (χ0) is 13.8. The summed E-state index contributed by atoms with van der Waals surface area (Å²) in [6.07, 6.45) is 8.67. The zero-order valence-electron chi connectivity index (χ0n) is 11.3. The number of anilines is 1. The summed E-state index contributed by atoms with van der Waals surface area (Å²) in [5.74, 6) is 0. The highest BCUT2D eigenvalue weighted by atomic mass is 35.5. The van der Waals surface area contributed by atoms with Crippen LogP contribution in [0.25, 0.3) is 5.69 Å². The molecule has 1 aliphatic rings. The number of benzene rings is 1. The van der Waals surface area contributed by atoms with Crippen LogP contribution in [0.2, 0.25) is 5.02 Å². The van der Waals surface area contributed by atoms with Gasteiger partial charge in [0.05, 0.1) is 22.7 Å². The molecule has 0 saturated carbocycles. The molecule has 1 unspecified atom stereocenters. The Kier molecular flexibility index (Phi) is 4.23. The first-order valence-electron chi connectivity index (χ1n) is 6.96. The lowest BCUT2D eigenvalue weighted by molar-refractivity contribution is 0.144. The Bertz CT molecular complexity index is 548. The number of halogens is 1. The number of nitrogens with zero attached hydrogens (tertiary/aromatic N) is 2. The van der Waals surface area contributed by atoms with Gasteiger partial charge < -0.3 is 14.6 Å². The molecule has 0 amide bonds. The Morgan fingerprint density at radius 3 is 3.10 bits per heavy atom. The number of hydrogen-bond donors (Lipinski definition) is 1. The summed E-state index contributed by atoms with van der Waals surface area (Å²) in [4.78, 5) is 4.10. The maximum Gasteiger partial charge on any atom is 0.0992 e. The van der Waals surface area contributed by atoms with Crippen molar-refractivity contribution in [2.24, 2.45) is 0 Å². The maximum absolute atomic E-state index is 6.36. The van der Waals surface area contributed by atoms with Crippen LogP contribution in [0.1, 0.15) is 19.3 Å². The van der Waals surface area contributed by atoms with Gasteiger partial charge in [-0.2, -0.15) is 0 Å². The molecule has 0 bridgehead atoms. The molecule has 1 N–H and O–H groups in total. The predicted octanol–water partition coefficient (Wildman–Crippen LogP) is 3.51. The molecule has 2 heterocycles. The van der Waals surface area contributed by atoms with E-state index >= 15 is 0 Å². The van der Waals surface area contributed by atoms with Gasteiger partial charge in [-0.25, -0.2) is 4.98 Å². The molecule has 1 saturated heterocycles. The van der Waals surface area contributed by atoms with Crippen LogP contribution < -0.4 is 5.32 Å². The fourth-order valence-corrected chi connectivity index (χ4v) is 2.83. The van der Waals surface area contributed by atoms with Gasteiger partial charge in [0, 0.05) is 31.6 Å². The third-order valence-corrected chi connectivity index (χ3v) is 3.87. The highest BCUT2D eigenvalue weighted by Gasteiger charge is 2.15. The molecule has 2 aromatic rings. The molecule has 1 atom stereocenters. The van der Waals surface area contributed by atoms with Crippen LogP contribution in [0.4, 0.5) is 5.69 Å². The number of para-hydroxylation sites is 1. The van der Waals surface area contributed by atoms with Crippen molar-refractivity contribution in [3.05, 3.63) is 41.9 Å². The fraction of sp³-hybridized carbons (Fsp3) is 0.400. The van der Waals surface area contributed by atoms with Crippen molar-refractivity contribution in [1.82, 2.24) is 9.55 Å². The van der Waals surface area contributed by atoms with E-state index in [0.29, 0.717) is 6.04 Å². The molecule has 5 heteroatoms. The normalized spacial score (nSPS) is 19.6. The van der Waals surface area contributed by atoms with Gasteiger partial charge in [-0.3, -0.25) is 0 Å². The number of aromatic nitrogens is 2. The third kappa shape index (κ3) is 2.97. The first-order valence-corrected chi connectivity index (χ1v) is 7.33. The van der Waals surface area contributed by atoms with Crippen molar-refractivity contribution >= 4 is 17.3 Å². The summed E-state index contributed by atoms with van der Waals surface area (Å²) in [5.41, 5.74) is 2.00. The minimum atomic E-state index is 0.429. The van der Waals surface area contributed by atoms with Crippen molar-refractivity contribution in [1.29, 1.82) is 0 Å². The van der Waals surface area contributed by atoms with Crippen molar-refractivity contribution in [3.63, 3.8) is 0 Å². The van der Waals surface area contributed by atoms with E-state index in [2.05, 4.69) is 16.4 Å². The van der Waals surface area contributed by atoms with E-state index in [1.807, 2.05) is 22.9 Å². The lowest BCUT2D eigenvalue weighted by atomic mass is 10.1. The summed E-state index contributed by atoms with van der Waals surface area (Å²) in [6.45, 7) is 1.68. The highest BCUT2D eigenvalue weighted by Crippen LogP contribution is 2.29. The molecule has 106 valence electrons. The molecular formula is C15H18ClN3O. The van der Waals surface area contributed by atoms with Crippen molar-refractivity contribution in [2.45, 2.75) is 25.3 Å². The van der Waals surface area contributed by atoms with E-state index in [1.54, 1.807) is 12.5 Å². The third-order valence-electron chi connectivity index (χ3n) is 3.56. The summed E-state index contributed by atoms with van der Waals surface area (Å²) in [7, 11) is 0. The van der Waals surface area contributed by atoms with Crippen LogP contribution in [0.5, 0.6) is 0 Å². The fourth-order valence-electron chi connectivity index (χ4n) is 2.55. The highest BCUT2D eigenvalue weighted by molar-refractivity contribution is 6.33. The van der Waals surface area contributed by atoms with Gasteiger partial charge >= 0.3 is 0 Å². The second kappa shape index (κ2) is 6.29. The summed E-state index contributed by atoms with van der Waals surface area (Å²) >= 11 is 6.36. The van der Waals surface area contributed by atoms with Crippen LogP contribution in [0.3, 0.4) is 0 Å². The van der Waals surface area contributed by atoms with Crippen molar-refractivity contribution in [2.75, 3.05) is 18.5 Å². The van der Waals surface area contributed by atoms with E-state index < -0.39 is 0 Å². The van der Waals surface area contributed by atoms with Gasteiger partial charge in [-0.1, -0.05) is 17.7 Å². The number of ether oxygens (including phenoxy) is 1. The van der Waals surface area contributed by atoms with Crippen molar-refractivity contribution in [3.8, 4) is 5.69 Å². The van der Waals surface area contributed by atoms with Gasteiger partial charge in [0.25, 0.3) is 0 Å². The molecule has 0 spiro atoms. The van der Waals surface area contributed by atoms with Crippen LogP contribution in [-0.4, -0.2) is 28.8 Å². The Morgan fingerprint density at radius 1 is 1.30 bits per heavy atom. The lowest BCUT2D eigenvalue weighted by Crippen LogP contribution is -2.20. The molecule has 1 aliphatic heterocycles. The summed E-state index contributed by atoms with van der Waals surface area (Å²) in [5, 5.41) is 4.33. The number of imidazole rings is 1. The Labute approximate surface area is 123 Å². The lowest BCUT2D eigenvalue weighted by Gasteiger charge is -2.20. The van der Waals surface area contributed by atoms with Crippen LogP contribution >= 0.6 is 11.6 Å². The van der Waals surface area contributed by atoms with E-state index in [0.717, 1.165) is 48.9 Å². The van der Waals surface area contributed by atoms with E-state index in [1.165, 1.54) is 0 Å². The molecule has 4 nitrogen and oxygen atoms in total. The molecule has 1 fully saturated rings. The topological polar surface area (TPSA) is 39.1 Å². The first kappa shape index (κ1) is 13.5.